The van der Waals surface area contributed by atoms with Gasteiger partial charge in [-0.1, -0.05) is 113 Å². The fourth-order valence-corrected chi connectivity index (χ4v) is 6.24. The van der Waals surface area contributed by atoms with Crippen molar-refractivity contribution in [2.75, 3.05) is 0 Å². The van der Waals surface area contributed by atoms with Crippen LogP contribution in [0.3, 0.4) is 0 Å². The molecule has 0 fully saturated rings. The molecule has 0 N–H and O–H groups in total. The Morgan fingerprint density at radius 2 is 0.870 bits per heavy atom. The topological polar surface area (TPSA) is 0 Å². The third kappa shape index (κ3) is 3.71. The van der Waals surface area contributed by atoms with E-state index in [1.165, 1.54) is 16.4 Å². The molecule has 3 aromatic rings. The summed E-state index contributed by atoms with van der Waals surface area (Å²) in [5.74, 6) is 0. The van der Waals surface area contributed by atoms with Gasteiger partial charge in [0.2, 0.25) is 0 Å². The molecular formula is C22H23P. The van der Waals surface area contributed by atoms with Crippen LogP contribution in [0.5, 0.6) is 0 Å². The van der Waals surface area contributed by atoms with Crippen molar-refractivity contribution >= 4 is 13.2 Å². The molecule has 1 heteroatoms. The van der Waals surface area contributed by atoms with Gasteiger partial charge in [0.05, 0.1) is 0 Å². The van der Waals surface area contributed by atoms with Crippen LogP contribution in [-0.4, -0.2) is 0 Å². The van der Waals surface area contributed by atoms with Crippen LogP contribution in [0.25, 0.3) is 0 Å². The van der Waals surface area contributed by atoms with Crippen molar-refractivity contribution in [1.82, 2.24) is 0 Å². The van der Waals surface area contributed by atoms with Gasteiger partial charge in [-0.25, -0.2) is 0 Å². The Morgan fingerprint density at radius 3 is 1.26 bits per heavy atom. The lowest BCUT2D eigenvalue weighted by Crippen LogP contribution is -2.10. The van der Waals surface area contributed by atoms with Crippen molar-refractivity contribution in [2.45, 2.75) is 25.2 Å². The van der Waals surface area contributed by atoms with E-state index in [1.807, 2.05) is 0 Å². The SMILES string of the molecule is CC(c1ccccc1)P(c1ccccc1)C(C)c1ccccc1. The van der Waals surface area contributed by atoms with Crippen LogP contribution in [0.15, 0.2) is 91.0 Å². The first-order valence-corrected chi connectivity index (χ1v) is 9.68. The summed E-state index contributed by atoms with van der Waals surface area (Å²) in [5.41, 5.74) is 3.93. The monoisotopic (exact) mass is 318 g/mol. The van der Waals surface area contributed by atoms with E-state index in [4.69, 9.17) is 0 Å². The lowest BCUT2D eigenvalue weighted by atomic mass is 10.2. The summed E-state index contributed by atoms with van der Waals surface area (Å²) in [6, 6.07) is 32.9. The second kappa shape index (κ2) is 7.57. The average Bonchev–Trinajstić information content (AvgIpc) is 2.64. The predicted molar refractivity (Wildman–Crippen MR) is 103 cm³/mol. The van der Waals surface area contributed by atoms with Gasteiger partial charge >= 0.3 is 0 Å². The third-order valence-electron chi connectivity index (χ3n) is 4.45. The standard InChI is InChI=1S/C22H23P/c1-18(20-12-6-3-7-13-20)23(22-16-10-5-11-17-22)19(2)21-14-8-4-9-15-21/h3-19H,1-2H3. The lowest BCUT2D eigenvalue weighted by molar-refractivity contribution is 1.00. The van der Waals surface area contributed by atoms with Gasteiger partial charge in [-0.2, -0.15) is 0 Å². The van der Waals surface area contributed by atoms with Crippen molar-refractivity contribution in [2.24, 2.45) is 0 Å². The smallest absolute Gasteiger partial charge is 0.00590 e. The zero-order chi connectivity index (χ0) is 16.1. The Kier molecular flexibility index (Phi) is 5.26. The molecule has 0 heterocycles. The van der Waals surface area contributed by atoms with E-state index < -0.39 is 0 Å². The average molecular weight is 318 g/mol. The van der Waals surface area contributed by atoms with Crippen LogP contribution in [0.2, 0.25) is 0 Å². The fraction of sp³-hybridized carbons (Fsp3) is 0.182. The van der Waals surface area contributed by atoms with E-state index in [0.717, 1.165) is 0 Å². The number of hydrogen-bond donors (Lipinski definition) is 0. The maximum Gasteiger partial charge on any atom is 0.00590 e. The van der Waals surface area contributed by atoms with Gasteiger partial charge in [-0.05, 0) is 16.4 Å². The Morgan fingerprint density at radius 1 is 0.522 bits per heavy atom. The van der Waals surface area contributed by atoms with E-state index in [2.05, 4.69) is 105 Å². The summed E-state index contributed by atoms with van der Waals surface area (Å²) in [5, 5.41) is 1.48. The molecule has 3 aromatic carbocycles. The van der Waals surface area contributed by atoms with Crippen LogP contribution in [0.4, 0.5) is 0 Å². The first kappa shape index (κ1) is 16.0. The normalized spacial score (nSPS) is 14.9. The molecule has 0 nitrogen and oxygen atoms in total. The van der Waals surface area contributed by atoms with Crippen molar-refractivity contribution in [3.05, 3.63) is 102 Å². The van der Waals surface area contributed by atoms with Gasteiger partial charge < -0.3 is 0 Å². The van der Waals surface area contributed by atoms with Crippen LogP contribution < -0.4 is 5.30 Å². The molecule has 0 amide bonds. The highest BCUT2D eigenvalue weighted by molar-refractivity contribution is 7.66. The largest absolute Gasteiger partial charge is 0.0622 e. The van der Waals surface area contributed by atoms with Gasteiger partial charge in [-0.3, -0.25) is 0 Å². The van der Waals surface area contributed by atoms with Gasteiger partial charge in [0.1, 0.15) is 0 Å². The molecule has 116 valence electrons. The Labute approximate surface area is 141 Å². The number of rotatable bonds is 5. The molecule has 0 radical (unpaired) electrons. The molecule has 0 saturated carbocycles. The van der Waals surface area contributed by atoms with Crippen molar-refractivity contribution in [1.29, 1.82) is 0 Å². The van der Waals surface area contributed by atoms with Crippen LogP contribution in [0, 0.1) is 0 Å². The minimum atomic E-state index is -0.331. The second-order valence-electron chi connectivity index (χ2n) is 5.92. The minimum Gasteiger partial charge on any atom is -0.0622 e. The first-order chi connectivity index (χ1) is 11.3. The lowest BCUT2D eigenvalue weighted by Gasteiger charge is -2.31. The molecule has 2 atom stereocenters. The summed E-state index contributed by atoms with van der Waals surface area (Å²) >= 11 is 0. The highest BCUT2D eigenvalue weighted by Gasteiger charge is 2.26. The maximum absolute atomic E-state index is 2.38. The van der Waals surface area contributed by atoms with Crippen molar-refractivity contribution in [3.63, 3.8) is 0 Å². The van der Waals surface area contributed by atoms with Crippen LogP contribution in [0.1, 0.15) is 36.3 Å². The minimum absolute atomic E-state index is 0.331. The summed E-state index contributed by atoms with van der Waals surface area (Å²) in [6.07, 6.45) is 0. The fourth-order valence-electron chi connectivity index (χ4n) is 3.17. The molecular weight excluding hydrogens is 295 g/mol. The first-order valence-electron chi connectivity index (χ1n) is 8.20. The zero-order valence-electron chi connectivity index (χ0n) is 13.8. The number of hydrogen-bond acceptors (Lipinski definition) is 0. The quantitative estimate of drug-likeness (QED) is 0.483. The molecule has 0 bridgehead atoms. The van der Waals surface area contributed by atoms with E-state index in [9.17, 15) is 0 Å². The van der Waals surface area contributed by atoms with Crippen LogP contribution >= 0.6 is 7.92 Å². The van der Waals surface area contributed by atoms with Gasteiger partial charge in [-0.15, -0.1) is 0 Å². The highest BCUT2D eigenvalue weighted by Crippen LogP contribution is 2.60. The molecule has 0 aliphatic rings. The van der Waals surface area contributed by atoms with E-state index in [1.54, 1.807) is 0 Å². The third-order valence-corrected chi connectivity index (χ3v) is 7.61. The Bertz CT molecular complexity index is 661. The molecule has 0 saturated heterocycles. The molecule has 0 aromatic heterocycles. The van der Waals surface area contributed by atoms with E-state index in [-0.39, 0.29) is 7.92 Å². The summed E-state index contributed by atoms with van der Waals surface area (Å²) < 4.78 is 0. The molecule has 2 unspecified atom stereocenters. The van der Waals surface area contributed by atoms with E-state index in [0.29, 0.717) is 11.3 Å². The molecule has 23 heavy (non-hydrogen) atoms. The summed E-state index contributed by atoms with van der Waals surface area (Å²) in [7, 11) is -0.331. The molecule has 0 spiro atoms. The predicted octanol–water partition coefficient (Wildman–Crippen LogP) is 6.32. The van der Waals surface area contributed by atoms with E-state index >= 15 is 0 Å². The molecule has 3 rings (SSSR count). The second-order valence-corrected chi connectivity index (χ2v) is 8.80. The summed E-state index contributed by atoms with van der Waals surface area (Å²) in [4.78, 5) is 0. The zero-order valence-corrected chi connectivity index (χ0v) is 14.7. The summed E-state index contributed by atoms with van der Waals surface area (Å²) in [6.45, 7) is 4.76. The molecule has 0 aliphatic heterocycles. The maximum atomic E-state index is 2.38. The Balaban J connectivity index is 2.01. The Hall–Kier alpha value is -1.91. The highest BCUT2D eigenvalue weighted by atomic mass is 31.1. The van der Waals surface area contributed by atoms with Crippen molar-refractivity contribution in [3.8, 4) is 0 Å². The van der Waals surface area contributed by atoms with Crippen molar-refractivity contribution < 1.29 is 0 Å². The van der Waals surface area contributed by atoms with Gasteiger partial charge in [0.15, 0.2) is 0 Å². The van der Waals surface area contributed by atoms with Gasteiger partial charge in [0.25, 0.3) is 0 Å². The van der Waals surface area contributed by atoms with Gasteiger partial charge in [0, 0.05) is 11.3 Å². The number of benzene rings is 3. The molecule has 0 aliphatic carbocycles. The van der Waals surface area contributed by atoms with Crippen LogP contribution in [-0.2, 0) is 0 Å².